The molecule has 12 fully saturated rings. The normalized spacial score (nSPS) is 24.9. The molecule has 0 aromatic rings. The molecule has 0 aromatic heterocycles. The molecule has 0 heterocycles. The molecule has 0 radical (unpaired) electrons. The van der Waals surface area contributed by atoms with Gasteiger partial charge in [0.2, 0.25) is 0 Å². The maximum absolute atomic E-state index is 2.17. The zero-order valence-electron chi connectivity index (χ0n) is 58.4. The van der Waals surface area contributed by atoms with Crippen LogP contribution in [0.1, 0.15) is 433 Å². The van der Waals surface area contributed by atoms with Crippen LogP contribution < -0.4 is 0 Å². The monoisotopic (exact) mass is 1090 g/mol. The van der Waals surface area contributed by atoms with Gasteiger partial charge in [-0.1, -0.05) is 279 Å². The SMILES string of the molecule is C1CCC2(C1)CCCC2.C1CCC2(C1)CCCC2.C1CCC2(C1)CCCC2.C1CCC2(CC1)CCC2.C1CCC2(CC1)CCC2.C1CCC2(CC1)CCC2.CC(C)C.CC(C)C.CC(C)C.CC(C)C.CC(C)C.CC(C)C. The van der Waals surface area contributed by atoms with Gasteiger partial charge in [-0.15, -0.1) is 0 Å². The third-order valence-corrected chi connectivity index (χ3v) is 20.0. The van der Waals surface area contributed by atoms with Gasteiger partial charge in [0, 0.05) is 0 Å². The summed E-state index contributed by atoms with van der Waals surface area (Å²) in [4.78, 5) is 0. The van der Waals surface area contributed by atoms with E-state index in [0.717, 1.165) is 68.0 Å². The first kappa shape index (κ1) is 76.0. The van der Waals surface area contributed by atoms with Gasteiger partial charge in [-0.25, -0.2) is 0 Å². The van der Waals surface area contributed by atoms with E-state index < -0.39 is 0 Å². The lowest BCUT2D eigenvalue weighted by molar-refractivity contribution is 0.0774. The Bertz CT molecular complexity index is 1020. The zero-order chi connectivity index (χ0) is 58.4. The van der Waals surface area contributed by atoms with Crippen molar-refractivity contribution in [3.05, 3.63) is 0 Å². The summed E-state index contributed by atoms with van der Waals surface area (Å²) in [5.74, 6) is 5.00. The Morgan fingerprint density at radius 2 is 0.179 bits per heavy atom. The van der Waals surface area contributed by atoms with Crippen molar-refractivity contribution in [3.8, 4) is 0 Å². The molecule has 0 aromatic carbocycles. The van der Waals surface area contributed by atoms with Crippen LogP contribution in [0.15, 0.2) is 0 Å². The third-order valence-electron chi connectivity index (χ3n) is 20.0. The predicted molar refractivity (Wildman–Crippen MR) is 359 cm³/mol. The van der Waals surface area contributed by atoms with E-state index in [1.807, 2.05) is 0 Å². The topological polar surface area (TPSA) is 0 Å². The Morgan fingerprint density at radius 1 is 0.115 bits per heavy atom. The Morgan fingerprint density at radius 3 is 0.244 bits per heavy atom. The summed E-state index contributed by atoms with van der Waals surface area (Å²) in [6.45, 7) is 39.0. The van der Waals surface area contributed by atoms with Crippen molar-refractivity contribution in [3.63, 3.8) is 0 Å². The van der Waals surface area contributed by atoms with E-state index in [0.29, 0.717) is 0 Å². The van der Waals surface area contributed by atoms with Gasteiger partial charge in [0.15, 0.2) is 0 Å². The second-order valence-corrected chi connectivity index (χ2v) is 33.9. The molecular formula is C78H156. The highest BCUT2D eigenvalue weighted by atomic mass is 14.5. The molecule has 0 unspecified atom stereocenters. The van der Waals surface area contributed by atoms with Gasteiger partial charge >= 0.3 is 0 Å². The molecular weight excluding hydrogens is 937 g/mol. The molecule has 0 bridgehead atoms. The first-order valence-electron chi connectivity index (χ1n) is 36.9. The number of rotatable bonds is 0. The summed E-state index contributed by atoms with van der Waals surface area (Å²) in [5, 5.41) is 0. The van der Waals surface area contributed by atoms with Gasteiger partial charge in [-0.2, -0.15) is 0 Å². The van der Waals surface area contributed by atoms with Crippen molar-refractivity contribution in [2.45, 2.75) is 433 Å². The van der Waals surface area contributed by atoms with E-state index in [4.69, 9.17) is 0 Å². The lowest BCUT2D eigenvalue weighted by atomic mass is 9.61. The van der Waals surface area contributed by atoms with Crippen molar-refractivity contribution < 1.29 is 0 Å². The molecule has 12 aliphatic rings. The van der Waals surface area contributed by atoms with Crippen molar-refractivity contribution in [2.75, 3.05) is 0 Å². The number of hydrogen-bond acceptors (Lipinski definition) is 0. The van der Waals surface area contributed by atoms with Gasteiger partial charge < -0.3 is 0 Å². The highest BCUT2D eigenvalue weighted by Crippen LogP contribution is 2.55. The van der Waals surface area contributed by atoms with Crippen LogP contribution in [-0.2, 0) is 0 Å². The minimum absolute atomic E-state index is 0.833. The van der Waals surface area contributed by atoms with Crippen LogP contribution in [0.5, 0.6) is 0 Å². The van der Waals surface area contributed by atoms with Crippen LogP contribution in [-0.4, -0.2) is 0 Å². The van der Waals surface area contributed by atoms with Crippen LogP contribution in [0.25, 0.3) is 0 Å². The lowest BCUT2D eigenvalue weighted by Crippen LogP contribution is -2.31. The average molecular weight is 1090 g/mol. The molecule has 0 amide bonds. The molecule has 12 saturated carbocycles. The maximum Gasteiger partial charge on any atom is -0.0297 e. The molecule has 0 nitrogen and oxygen atoms in total. The molecule has 12 aliphatic carbocycles. The van der Waals surface area contributed by atoms with Gasteiger partial charge in [0.05, 0.1) is 0 Å². The van der Waals surface area contributed by atoms with E-state index in [9.17, 15) is 0 Å². The second-order valence-electron chi connectivity index (χ2n) is 33.9. The molecule has 0 atom stereocenters. The summed E-state index contributed by atoms with van der Waals surface area (Å²) in [6.07, 6.45) is 74.1. The molecule has 0 heteroatoms. The lowest BCUT2D eigenvalue weighted by Gasteiger charge is -2.45. The van der Waals surface area contributed by atoms with Crippen LogP contribution in [0.3, 0.4) is 0 Å². The Labute approximate surface area is 498 Å². The highest BCUT2D eigenvalue weighted by Gasteiger charge is 2.40. The number of hydrogen-bond donors (Lipinski definition) is 0. The smallest absolute Gasteiger partial charge is 0.0297 e. The summed E-state index contributed by atoms with van der Waals surface area (Å²) in [7, 11) is 0. The largest absolute Gasteiger partial charge is 0.0630 e. The van der Waals surface area contributed by atoms with E-state index in [2.05, 4.69) is 125 Å². The average Bonchev–Trinajstić information content (AvgIpc) is 4.23. The molecule has 468 valence electrons. The Balaban J connectivity index is 0.000000434. The molecule has 0 aliphatic heterocycles. The van der Waals surface area contributed by atoms with Crippen LogP contribution >= 0.6 is 0 Å². The van der Waals surface area contributed by atoms with Crippen molar-refractivity contribution in [1.29, 1.82) is 0 Å². The predicted octanol–water partition coefficient (Wildman–Crippen LogP) is 28.7. The maximum atomic E-state index is 2.17. The van der Waals surface area contributed by atoms with Gasteiger partial charge in [-0.05, 0) is 222 Å². The summed E-state index contributed by atoms with van der Waals surface area (Å²) < 4.78 is 0. The van der Waals surface area contributed by atoms with Crippen LogP contribution in [0.4, 0.5) is 0 Å². The van der Waals surface area contributed by atoms with E-state index in [-0.39, 0.29) is 0 Å². The van der Waals surface area contributed by atoms with Crippen molar-refractivity contribution >= 4 is 0 Å². The van der Waals surface area contributed by atoms with Gasteiger partial charge in [0.25, 0.3) is 0 Å². The molecule has 0 N–H and O–H groups in total. The van der Waals surface area contributed by atoms with Crippen molar-refractivity contribution in [1.82, 2.24) is 0 Å². The molecule has 12 rings (SSSR count). The van der Waals surface area contributed by atoms with Crippen molar-refractivity contribution in [2.24, 2.45) is 68.0 Å². The van der Waals surface area contributed by atoms with Gasteiger partial charge in [-0.3, -0.25) is 0 Å². The Hall–Kier alpha value is 0. The summed E-state index contributed by atoms with van der Waals surface area (Å²) in [6, 6.07) is 0. The first-order valence-corrected chi connectivity index (χ1v) is 36.9. The van der Waals surface area contributed by atoms with Crippen LogP contribution in [0, 0.1) is 68.0 Å². The second kappa shape index (κ2) is 42.7. The fourth-order valence-corrected chi connectivity index (χ4v) is 15.7. The molecule has 78 heavy (non-hydrogen) atoms. The highest BCUT2D eigenvalue weighted by molar-refractivity contribution is 4.93. The molecule has 0 saturated heterocycles. The van der Waals surface area contributed by atoms with E-state index in [1.165, 1.54) is 154 Å². The van der Waals surface area contributed by atoms with Gasteiger partial charge in [0.1, 0.15) is 0 Å². The fraction of sp³-hybridized carbons (Fsp3) is 1.00. The van der Waals surface area contributed by atoms with E-state index in [1.54, 1.807) is 154 Å². The Kier molecular flexibility index (Phi) is 41.7. The standard InChI is InChI=1S/6C9H16.6C4H10/c3*1-2-6-9(5-1)7-3-4-8-9;3*1-2-5-9(6-3-1)7-4-8-9;6*1-4(2)3/h6*1-8H2;6*4H,1-3H3. The van der Waals surface area contributed by atoms with Crippen LogP contribution in [0.2, 0.25) is 0 Å². The quantitative estimate of drug-likeness (QED) is 0.227. The zero-order valence-corrected chi connectivity index (χ0v) is 58.4. The first-order chi connectivity index (χ1) is 36.9. The fourth-order valence-electron chi connectivity index (χ4n) is 15.7. The minimum Gasteiger partial charge on any atom is -0.0630 e. The third kappa shape index (κ3) is 36.7. The summed E-state index contributed by atoms with van der Waals surface area (Å²) in [5.41, 5.74) is 5.37. The summed E-state index contributed by atoms with van der Waals surface area (Å²) >= 11 is 0. The van der Waals surface area contributed by atoms with E-state index >= 15 is 0 Å². The molecule has 6 spiro atoms. The minimum atomic E-state index is 0.833.